The van der Waals surface area contributed by atoms with Crippen LogP contribution < -0.4 is 10.6 Å². The van der Waals surface area contributed by atoms with Crippen LogP contribution in [0.1, 0.15) is 18.9 Å². The lowest BCUT2D eigenvalue weighted by molar-refractivity contribution is -0.122. The summed E-state index contributed by atoms with van der Waals surface area (Å²) in [7, 11) is 0. The minimum atomic E-state index is 0.0737. The summed E-state index contributed by atoms with van der Waals surface area (Å²) in [4.78, 5) is 15.9. The van der Waals surface area contributed by atoms with E-state index in [-0.39, 0.29) is 18.0 Å². The van der Waals surface area contributed by atoms with Crippen molar-refractivity contribution in [2.24, 2.45) is 0 Å². The quantitative estimate of drug-likeness (QED) is 0.812. The highest BCUT2D eigenvalue weighted by molar-refractivity contribution is 5.76. The number of aromatic nitrogens is 1. The van der Waals surface area contributed by atoms with Crippen LogP contribution >= 0.6 is 0 Å². The Kier molecular flexibility index (Phi) is 5.30. The first-order valence-electron chi connectivity index (χ1n) is 6.73. The number of rotatable bonds is 5. The summed E-state index contributed by atoms with van der Waals surface area (Å²) >= 11 is 0. The summed E-state index contributed by atoms with van der Waals surface area (Å²) in [5, 5.41) is 6.30. The Morgan fingerprint density at radius 3 is 3.05 bits per heavy atom. The van der Waals surface area contributed by atoms with E-state index in [1.54, 1.807) is 12.4 Å². The molecule has 0 spiro atoms. The van der Waals surface area contributed by atoms with Gasteiger partial charge in [0.25, 0.3) is 0 Å². The number of carbonyl (C=O) groups excluding carboxylic acids is 1. The van der Waals surface area contributed by atoms with Crippen LogP contribution in [0.4, 0.5) is 0 Å². The van der Waals surface area contributed by atoms with E-state index in [0.717, 1.165) is 19.6 Å². The minimum Gasteiger partial charge on any atom is -0.378 e. The van der Waals surface area contributed by atoms with E-state index >= 15 is 0 Å². The molecule has 1 fully saturated rings. The Morgan fingerprint density at radius 2 is 2.37 bits per heavy atom. The highest BCUT2D eigenvalue weighted by Gasteiger charge is 2.17. The molecular formula is C14H21N3O2. The molecule has 2 atom stereocenters. The zero-order valence-electron chi connectivity index (χ0n) is 11.3. The highest BCUT2D eigenvalue weighted by Crippen LogP contribution is 2.03. The number of hydrogen-bond acceptors (Lipinski definition) is 4. The van der Waals surface area contributed by atoms with Crippen molar-refractivity contribution in [3.63, 3.8) is 0 Å². The molecular weight excluding hydrogens is 242 g/mol. The van der Waals surface area contributed by atoms with Crippen molar-refractivity contribution in [1.82, 2.24) is 15.6 Å². The van der Waals surface area contributed by atoms with Gasteiger partial charge in [0.1, 0.15) is 0 Å². The molecule has 0 saturated carbocycles. The van der Waals surface area contributed by atoms with Crippen molar-refractivity contribution in [2.45, 2.75) is 31.8 Å². The molecule has 5 heteroatoms. The molecule has 1 saturated heterocycles. The number of nitrogens with one attached hydrogen (secondary N) is 2. The van der Waals surface area contributed by atoms with Crippen LogP contribution in [-0.2, 0) is 16.0 Å². The van der Waals surface area contributed by atoms with Crippen LogP contribution in [0, 0.1) is 0 Å². The molecule has 104 valence electrons. The summed E-state index contributed by atoms with van der Waals surface area (Å²) < 4.78 is 5.33. The first-order chi connectivity index (χ1) is 9.24. The number of nitrogens with zero attached hydrogens (tertiary/aromatic N) is 1. The van der Waals surface area contributed by atoms with Gasteiger partial charge in [-0.15, -0.1) is 0 Å². The molecule has 1 amide bonds. The fraction of sp³-hybridized carbons (Fsp3) is 0.571. The van der Waals surface area contributed by atoms with E-state index in [1.165, 1.54) is 5.56 Å². The SMILES string of the molecule is CC(Cc1ccncc1)NC(=O)CC1COCCN1. The van der Waals surface area contributed by atoms with Gasteiger partial charge in [-0.05, 0) is 31.0 Å². The summed E-state index contributed by atoms with van der Waals surface area (Å²) in [5.41, 5.74) is 1.18. The third-order valence-corrected chi connectivity index (χ3v) is 3.13. The zero-order chi connectivity index (χ0) is 13.5. The molecule has 1 aromatic rings. The third kappa shape index (κ3) is 4.96. The molecule has 2 heterocycles. The monoisotopic (exact) mass is 263 g/mol. The van der Waals surface area contributed by atoms with Crippen molar-refractivity contribution in [1.29, 1.82) is 0 Å². The van der Waals surface area contributed by atoms with Crippen molar-refractivity contribution in [3.8, 4) is 0 Å². The van der Waals surface area contributed by atoms with E-state index in [1.807, 2.05) is 19.1 Å². The standard InChI is InChI=1S/C14H21N3O2/c1-11(8-12-2-4-15-5-3-12)17-14(18)9-13-10-19-7-6-16-13/h2-5,11,13,16H,6-10H2,1H3,(H,17,18). The van der Waals surface area contributed by atoms with Crippen LogP contribution in [-0.4, -0.2) is 42.7 Å². The molecule has 1 aliphatic rings. The van der Waals surface area contributed by atoms with Crippen LogP contribution in [0.25, 0.3) is 0 Å². The summed E-state index contributed by atoms with van der Waals surface area (Å²) in [6, 6.07) is 4.21. The fourth-order valence-corrected chi connectivity index (χ4v) is 2.23. The lowest BCUT2D eigenvalue weighted by Crippen LogP contribution is -2.45. The van der Waals surface area contributed by atoms with Gasteiger partial charge in [-0.25, -0.2) is 0 Å². The van der Waals surface area contributed by atoms with Crippen LogP contribution in [0.5, 0.6) is 0 Å². The maximum absolute atomic E-state index is 11.9. The number of pyridine rings is 1. The van der Waals surface area contributed by atoms with Crippen molar-refractivity contribution in [2.75, 3.05) is 19.8 Å². The maximum atomic E-state index is 11.9. The van der Waals surface area contributed by atoms with Gasteiger partial charge in [-0.1, -0.05) is 0 Å². The van der Waals surface area contributed by atoms with E-state index in [0.29, 0.717) is 13.0 Å². The molecule has 0 aromatic carbocycles. The lowest BCUT2D eigenvalue weighted by Gasteiger charge is -2.24. The number of ether oxygens (including phenoxy) is 1. The Balaban J connectivity index is 1.72. The van der Waals surface area contributed by atoms with Crippen LogP contribution in [0.3, 0.4) is 0 Å². The van der Waals surface area contributed by atoms with Crippen molar-refractivity contribution < 1.29 is 9.53 Å². The van der Waals surface area contributed by atoms with E-state index in [4.69, 9.17) is 4.74 Å². The largest absolute Gasteiger partial charge is 0.378 e. The molecule has 2 rings (SSSR count). The van der Waals surface area contributed by atoms with E-state index in [2.05, 4.69) is 15.6 Å². The van der Waals surface area contributed by atoms with Crippen molar-refractivity contribution in [3.05, 3.63) is 30.1 Å². The summed E-state index contributed by atoms with van der Waals surface area (Å²) in [6.07, 6.45) is 4.84. The number of carbonyl (C=O) groups is 1. The molecule has 5 nitrogen and oxygen atoms in total. The average Bonchev–Trinajstić information content (AvgIpc) is 2.40. The first kappa shape index (κ1) is 14.0. The van der Waals surface area contributed by atoms with Gasteiger partial charge in [0.2, 0.25) is 5.91 Å². The van der Waals surface area contributed by atoms with Gasteiger partial charge in [-0.2, -0.15) is 0 Å². The molecule has 0 bridgehead atoms. The van der Waals surface area contributed by atoms with E-state index < -0.39 is 0 Å². The predicted molar refractivity (Wildman–Crippen MR) is 72.8 cm³/mol. The number of morpholine rings is 1. The average molecular weight is 263 g/mol. The van der Waals surface area contributed by atoms with Gasteiger partial charge in [-0.3, -0.25) is 9.78 Å². The topological polar surface area (TPSA) is 63.2 Å². The highest BCUT2D eigenvalue weighted by atomic mass is 16.5. The van der Waals surface area contributed by atoms with Crippen LogP contribution in [0.2, 0.25) is 0 Å². The summed E-state index contributed by atoms with van der Waals surface area (Å²) in [5.74, 6) is 0.0737. The molecule has 1 aromatic heterocycles. The van der Waals surface area contributed by atoms with Gasteiger partial charge in [0.05, 0.1) is 13.2 Å². The second-order valence-electron chi connectivity index (χ2n) is 4.96. The molecule has 2 unspecified atom stereocenters. The molecule has 0 radical (unpaired) electrons. The minimum absolute atomic E-state index is 0.0737. The molecule has 1 aliphatic heterocycles. The second kappa shape index (κ2) is 7.21. The molecule has 19 heavy (non-hydrogen) atoms. The molecule has 0 aliphatic carbocycles. The Bertz CT molecular complexity index is 391. The number of hydrogen-bond donors (Lipinski definition) is 2. The first-order valence-corrected chi connectivity index (χ1v) is 6.73. The Hall–Kier alpha value is -1.46. The van der Waals surface area contributed by atoms with Gasteiger partial charge < -0.3 is 15.4 Å². The second-order valence-corrected chi connectivity index (χ2v) is 4.96. The van der Waals surface area contributed by atoms with Crippen molar-refractivity contribution >= 4 is 5.91 Å². The predicted octanol–water partition coefficient (Wildman–Crippen LogP) is 0.507. The smallest absolute Gasteiger partial charge is 0.221 e. The van der Waals surface area contributed by atoms with Gasteiger partial charge in [0.15, 0.2) is 0 Å². The Labute approximate surface area is 113 Å². The van der Waals surface area contributed by atoms with E-state index in [9.17, 15) is 4.79 Å². The van der Waals surface area contributed by atoms with Crippen LogP contribution in [0.15, 0.2) is 24.5 Å². The normalized spacial score (nSPS) is 20.8. The fourth-order valence-electron chi connectivity index (χ4n) is 2.23. The summed E-state index contributed by atoms with van der Waals surface area (Å²) in [6.45, 7) is 4.19. The van der Waals surface area contributed by atoms with Gasteiger partial charge >= 0.3 is 0 Å². The van der Waals surface area contributed by atoms with Gasteiger partial charge in [0, 0.05) is 37.4 Å². The lowest BCUT2D eigenvalue weighted by atomic mass is 10.1. The zero-order valence-corrected chi connectivity index (χ0v) is 11.3. The third-order valence-electron chi connectivity index (χ3n) is 3.13. The number of amides is 1. The maximum Gasteiger partial charge on any atom is 0.221 e. The molecule has 2 N–H and O–H groups in total. The Morgan fingerprint density at radius 1 is 1.58 bits per heavy atom.